The minimum Gasteiger partial charge on any atom is -0.478 e. The Morgan fingerprint density at radius 3 is 2.62 bits per heavy atom. The summed E-state index contributed by atoms with van der Waals surface area (Å²) in [6.07, 6.45) is 0.820. The van der Waals surface area contributed by atoms with Crippen molar-refractivity contribution in [3.63, 3.8) is 0 Å². The summed E-state index contributed by atoms with van der Waals surface area (Å²) in [4.78, 5) is 11.3. The quantitative estimate of drug-likeness (QED) is 0.919. The highest BCUT2D eigenvalue weighted by atomic mass is 32.2. The average Bonchev–Trinajstić information content (AvgIpc) is 2.70. The highest BCUT2D eigenvalue weighted by Crippen LogP contribution is 2.26. The summed E-state index contributed by atoms with van der Waals surface area (Å²) in [7, 11) is -3.64. The molecule has 2 rings (SSSR count). The Kier molecular flexibility index (Phi) is 4.95. The molecule has 1 aliphatic rings. The van der Waals surface area contributed by atoms with Crippen molar-refractivity contribution in [2.75, 3.05) is 24.6 Å². The molecule has 0 radical (unpaired) electrons. The van der Waals surface area contributed by atoms with Crippen LogP contribution >= 0.6 is 11.8 Å². The topological polar surface area (TPSA) is 74.7 Å². The Morgan fingerprint density at radius 2 is 1.95 bits per heavy atom. The molecule has 7 heteroatoms. The van der Waals surface area contributed by atoms with Crippen LogP contribution < -0.4 is 0 Å². The molecule has 0 aliphatic carbocycles. The first-order chi connectivity index (χ1) is 9.84. The molecule has 1 aliphatic heterocycles. The zero-order chi connectivity index (χ0) is 15.6. The number of aryl methyl sites for hydroxylation is 1. The second-order valence-corrected chi connectivity index (χ2v) is 8.22. The van der Waals surface area contributed by atoms with Gasteiger partial charge in [-0.3, -0.25) is 0 Å². The maximum atomic E-state index is 12.8. The minimum absolute atomic E-state index is 0.0147. The first kappa shape index (κ1) is 16.3. The monoisotopic (exact) mass is 329 g/mol. The van der Waals surface area contributed by atoms with Crippen LogP contribution in [-0.2, 0) is 10.0 Å². The van der Waals surface area contributed by atoms with Gasteiger partial charge in [0.05, 0.1) is 10.5 Å². The van der Waals surface area contributed by atoms with Crippen LogP contribution in [0.25, 0.3) is 0 Å². The first-order valence-electron chi connectivity index (χ1n) is 6.76. The van der Waals surface area contributed by atoms with Crippen molar-refractivity contribution in [1.29, 1.82) is 0 Å². The van der Waals surface area contributed by atoms with Crippen LogP contribution in [0.5, 0.6) is 0 Å². The second-order valence-electron chi connectivity index (χ2n) is 5.09. The lowest BCUT2D eigenvalue weighted by Crippen LogP contribution is -2.33. The molecular formula is C14H19NO4S2. The molecule has 21 heavy (non-hydrogen) atoms. The highest BCUT2D eigenvalue weighted by molar-refractivity contribution is 7.99. The van der Waals surface area contributed by atoms with Gasteiger partial charge >= 0.3 is 5.97 Å². The number of aromatic carboxylic acids is 1. The van der Waals surface area contributed by atoms with Crippen molar-refractivity contribution in [3.05, 3.63) is 28.8 Å². The fourth-order valence-corrected chi connectivity index (χ4v) is 5.13. The van der Waals surface area contributed by atoms with Gasteiger partial charge in [-0.1, -0.05) is 0 Å². The zero-order valence-corrected chi connectivity index (χ0v) is 13.8. The Morgan fingerprint density at radius 1 is 1.24 bits per heavy atom. The predicted molar refractivity (Wildman–Crippen MR) is 83.6 cm³/mol. The van der Waals surface area contributed by atoms with Gasteiger partial charge < -0.3 is 5.11 Å². The zero-order valence-electron chi connectivity index (χ0n) is 12.1. The molecule has 1 heterocycles. The van der Waals surface area contributed by atoms with E-state index >= 15 is 0 Å². The first-order valence-corrected chi connectivity index (χ1v) is 9.36. The van der Waals surface area contributed by atoms with Gasteiger partial charge in [0.15, 0.2) is 0 Å². The third kappa shape index (κ3) is 3.41. The maximum Gasteiger partial charge on any atom is 0.335 e. The summed E-state index contributed by atoms with van der Waals surface area (Å²) < 4.78 is 27.1. The summed E-state index contributed by atoms with van der Waals surface area (Å²) in [5.74, 6) is 0.621. The molecule has 116 valence electrons. The number of nitrogens with zero attached hydrogens (tertiary/aromatic N) is 1. The van der Waals surface area contributed by atoms with Gasteiger partial charge in [0.25, 0.3) is 0 Å². The van der Waals surface area contributed by atoms with E-state index in [-0.39, 0.29) is 10.5 Å². The number of rotatable bonds is 3. The Hall–Kier alpha value is -1.05. The van der Waals surface area contributed by atoms with E-state index in [4.69, 9.17) is 5.11 Å². The number of sulfonamides is 1. The molecule has 1 saturated heterocycles. The number of carboxylic acid groups (broad SMARTS) is 1. The summed E-state index contributed by atoms with van der Waals surface area (Å²) >= 11 is 1.75. The van der Waals surface area contributed by atoms with E-state index in [9.17, 15) is 13.2 Å². The maximum absolute atomic E-state index is 12.8. The molecule has 5 nitrogen and oxygen atoms in total. The summed E-state index contributed by atoms with van der Waals surface area (Å²) in [5, 5.41) is 9.13. The summed E-state index contributed by atoms with van der Waals surface area (Å²) in [6, 6.07) is 2.78. The standard InChI is InChI=1S/C14H19NO4S2/c1-10-8-12(14(16)17)9-13(11(10)2)21(18,19)15-4-3-6-20-7-5-15/h8-9H,3-7H2,1-2H3,(H,16,17). The van der Waals surface area contributed by atoms with E-state index in [1.54, 1.807) is 25.6 Å². The van der Waals surface area contributed by atoms with Gasteiger partial charge in [0, 0.05) is 18.8 Å². The molecule has 1 aromatic carbocycles. The van der Waals surface area contributed by atoms with Crippen molar-refractivity contribution in [2.45, 2.75) is 25.2 Å². The van der Waals surface area contributed by atoms with Gasteiger partial charge in [-0.2, -0.15) is 16.1 Å². The predicted octanol–water partition coefficient (Wildman–Crippen LogP) is 2.13. The molecule has 0 unspecified atom stereocenters. The smallest absolute Gasteiger partial charge is 0.335 e. The van der Waals surface area contributed by atoms with E-state index in [0.29, 0.717) is 24.2 Å². The van der Waals surface area contributed by atoms with Crippen LogP contribution in [-0.4, -0.2) is 48.4 Å². The normalized spacial score (nSPS) is 17.4. The molecule has 1 aromatic rings. The van der Waals surface area contributed by atoms with E-state index in [2.05, 4.69) is 0 Å². The third-order valence-corrected chi connectivity index (χ3v) is 6.74. The van der Waals surface area contributed by atoms with Gasteiger partial charge in [0.1, 0.15) is 0 Å². The largest absolute Gasteiger partial charge is 0.478 e. The lowest BCUT2D eigenvalue weighted by Gasteiger charge is -2.21. The number of carbonyl (C=O) groups is 1. The Bertz CT molecular complexity index is 647. The lowest BCUT2D eigenvalue weighted by molar-refractivity contribution is 0.0696. The highest BCUT2D eigenvalue weighted by Gasteiger charge is 2.28. The van der Waals surface area contributed by atoms with E-state index in [1.807, 2.05) is 0 Å². The molecular weight excluding hydrogens is 310 g/mol. The van der Waals surface area contributed by atoms with Crippen molar-refractivity contribution < 1.29 is 18.3 Å². The number of hydrogen-bond acceptors (Lipinski definition) is 4. The van der Waals surface area contributed by atoms with Crippen LogP contribution in [0.3, 0.4) is 0 Å². The van der Waals surface area contributed by atoms with Crippen LogP contribution in [0.15, 0.2) is 17.0 Å². The fourth-order valence-electron chi connectivity index (χ4n) is 2.32. The van der Waals surface area contributed by atoms with Gasteiger partial charge in [-0.15, -0.1) is 0 Å². The Labute approximate surface area is 129 Å². The molecule has 1 N–H and O–H groups in total. The molecule has 0 spiro atoms. The van der Waals surface area contributed by atoms with E-state index in [0.717, 1.165) is 17.9 Å². The van der Waals surface area contributed by atoms with Gasteiger partial charge in [0.2, 0.25) is 10.0 Å². The van der Waals surface area contributed by atoms with Crippen molar-refractivity contribution in [3.8, 4) is 0 Å². The minimum atomic E-state index is -3.64. The number of hydrogen-bond donors (Lipinski definition) is 1. The molecule has 0 saturated carbocycles. The Balaban J connectivity index is 2.50. The third-order valence-electron chi connectivity index (χ3n) is 3.67. The average molecular weight is 329 g/mol. The molecule has 0 amide bonds. The SMILES string of the molecule is Cc1cc(C(=O)O)cc(S(=O)(=O)N2CCCSCC2)c1C. The number of carboxylic acids is 1. The molecule has 0 aromatic heterocycles. The van der Waals surface area contributed by atoms with Crippen molar-refractivity contribution >= 4 is 27.8 Å². The van der Waals surface area contributed by atoms with E-state index < -0.39 is 16.0 Å². The van der Waals surface area contributed by atoms with E-state index in [1.165, 1.54) is 16.4 Å². The number of benzene rings is 1. The lowest BCUT2D eigenvalue weighted by atomic mass is 10.1. The van der Waals surface area contributed by atoms with Crippen LogP contribution in [0, 0.1) is 13.8 Å². The van der Waals surface area contributed by atoms with Crippen LogP contribution in [0.2, 0.25) is 0 Å². The van der Waals surface area contributed by atoms with Crippen molar-refractivity contribution in [1.82, 2.24) is 4.31 Å². The van der Waals surface area contributed by atoms with Gasteiger partial charge in [-0.25, -0.2) is 13.2 Å². The molecule has 0 bridgehead atoms. The summed E-state index contributed by atoms with van der Waals surface area (Å²) in [6.45, 7) is 4.42. The van der Waals surface area contributed by atoms with Crippen LogP contribution in [0.1, 0.15) is 27.9 Å². The number of thioether (sulfide) groups is 1. The molecule has 1 fully saturated rings. The molecule has 0 atom stereocenters. The second kappa shape index (κ2) is 6.37. The van der Waals surface area contributed by atoms with Crippen LogP contribution in [0.4, 0.5) is 0 Å². The van der Waals surface area contributed by atoms with Gasteiger partial charge in [-0.05, 0) is 49.3 Å². The fraction of sp³-hybridized carbons (Fsp3) is 0.500. The van der Waals surface area contributed by atoms with Crippen molar-refractivity contribution in [2.24, 2.45) is 0 Å². The summed E-state index contributed by atoms with van der Waals surface area (Å²) in [5.41, 5.74) is 1.32.